The fourth-order valence-electron chi connectivity index (χ4n) is 4.32. The van der Waals surface area contributed by atoms with Crippen LogP contribution in [0.5, 0.6) is 5.75 Å². The molecule has 3 rings (SSSR count). The molecule has 5 atom stereocenters. The highest BCUT2D eigenvalue weighted by Crippen LogP contribution is 2.29. The first-order valence-electron chi connectivity index (χ1n) is 11.9. The number of nitrogens with one attached hydrogen (secondary N) is 1. The SMILES string of the molecule is CCOC(=O)C(NC(CCc1ccc(N=O)c(OC)c1)CC1OCCC(O)[C@H]1O)c1ccccc1. The Bertz CT molecular complexity index is 956. The van der Waals surface area contributed by atoms with E-state index in [-0.39, 0.29) is 18.3 Å². The van der Waals surface area contributed by atoms with Crippen molar-refractivity contribution in [3.8, 4) is 5.75 Å². The highest BCUT2D eigenvalue weighted by atomic mass is 16.5. The molecule has 0 aliphatic carbocycles. The summed E-state index contributed by atoms with van der Waals surface area (Å²) in [7, 11) is 1.48. The number of aryl methyl sites for hydroxylation is 1. The Hall–Kier alpha value is -2.85. The molecule has 0 bridgehead atoms. The van der Waals surface area contributed by atoms with E-state index in [2.05, 4.69) is 10.5 Å². The van der Waals surface area contributed by atoms with Crippen molar-refractivity contribution in [1.82, 2.24) is 5.32 Å². The van der Waals surface area contributed by atoms with E-state index in [0.717, 1.165) is 11.1 Å². The van der Waals surface area contributed by atoms with Crippen LogP contribution in [-0.2, 0) is 20.7 Å². The van der Waals surface area contributed by atoms with E-state index in [1.807, 2.05) is 36.4 Å². The molecule has 1 aliphatic heterocycles. The van der Waals surface area contributed by atoms with E-state index >= 15 is 0 Å². The van der Waals surface area contributed by atoms with Crippen molar-refractivity contribution >= 4 is 11.7 Å². The molecule has 2 aromatic rings. The largest absolute Gasteiger partial charge is 0.494 e. The van der Waals surface area contributed by atoms with Gasteiger partial charge in [-0.15, -0.1) is 4.91 Å². The van der Waals surface area contributed by atoms with Crippen LogP contribution in [0.3, 0.4) is 0 Å². The Morgan fingerprint density at radius 2 is 2.00 bits per heavy atom. The van der Waals surface area contributed by atoms with E-state index in [4.69, 9.17) is 14.2 Å². The molecule has 0 aromatic heterocycles. The minimum Gasteiger partial charge on any atom is -0.494 e. The summed E-state index contributed by atoms with van der Waals surface area (Å²) in [6.07, 6.45) is -0.494. The number of carbonyl (C=O) groups is 1. The lowest BCUT2D eigenvalue weighted by molar-refractivity contribution is -0.147. The molecule has 0 spiro atoms. The van der Waals surface area contributed by atoms with Gasteiger partial charge in [-0.25, -0.2) is 4.79 Å². The first-order valence-corrected chi connectivity index (χ1v) is 11.9. The summed E-state index contributed by atoms with van der Waals surface area (Å²) < 4.78 is 16.4. The molecule has 4 unspecified atom stereocenters. The number of benzene rings is 2. The third-order valence-electron chi connectivity index (χ3n) is 6.22. The van der Waals surface area contributed by atoms with Crippen molar-refractivity contribution < 1.29 is 29.2 Å². The second-order valence-corrected chi connectivity index (χ2v) is 8.59. The van der Waals surface area contributed by atoms with Gasteiger partial charge in [-0.3, -0.25) is 5.32 Å². The maximum atomic E-state index is 12.9. The number of aliphatic hydroxyl groups excluding tert-OH is 2. The summed E-state index contributed by atoms with van der Waals surface area (Å²) in [4.78, 5) is 23.8. The first kappa shape index (κ1) is 26.7. The number of methoxy groups -OCH3 is 1. The van der Waals surface area contributed by atoms with Gasteiger partial charge in [0.05, 0.1) is 25.9 Å². The third kappa shape index (κ3) is 7.32. The lowest BCUT2D eigenvalue weighted by Gasteiger charge is -2.35. The zero-order valence-electron chi connectivity index (χ0n) is 20.1. The number of carbonyl (C=O) groups excluding carboxylic acids is 1. The second-order valence-electron chi connectivity index (χ2n) is 8.59. The van der Waals surface area contributed by atoms with Crippen LogP contribution in [0.25, 0.3) is 0 Å². The van der Waals surface area contributed by atoms with Crippen LogP contribution in [0.15, 0.2) is 53.7 Å². The molecule has 0 amide bonds. The average molecular weight is 487 g/mol. The van der Waals surface area contributed by atoms with Crippen molar-refractivity contribution in [2.75, 3.05) is 20.3 Å². The first-order chi connectivity index (χ1) is 17.0. The summed E-state index contributed by atoms with van der Waals surface area (Å²) >= 11 is 0. The monoisotopic (exact) mass is 486 g/mol. The molecule has 0 radical (unpaired) electrons. The summed E-state index contributed by atoms with van der Waals surface area (Å²) in [5, 5.41) is 27.0. The van der Waals surface area contributed by atoms with Crippen LogP contribution >= 0.6 is 0 Å². The van der Waals surface area contributed by atoms with Gasteiger partial charge in [0, 0.05) is 12.6 Å². The lowest BCUT2D eigenvalue weighted by atomic mass is 9.92. The van der Waals surface area contributed by atoms with Gasteiger partial charge >= 0.3 is 5.97 Å². The van der Waals surface area contributed by atoms with Crippen LogP contribution in [0.1, 0.15) is 43.4 Å². The normalized spacial score (nSPS) is 21.7. The molecule has 1 aliphatic rings. The molecule has 1 heterocycles. The van der Waals surface area contributed by atoms with Gasteiger partial charge in [0.15, 0.2) is 0 Å². The summed E-state index contributed by atoms with van der Waals surface area (Å²) in [5.74, 6) is 0.00165. The van der Waals surface area contributed by atoms with E-state index in [1.165, 1.54) is 7.11 Å². The van der Waals surface area contributed by atoms with Crippen LogP contribution in [0, 0.1) is 4.91 Å². The highest BCUT2D eigenvalue weighted by molar-refractivity contribution is 5.77. The predicted molar refractivity (Wildman–Crippen MR) is 130 cm³/mol. The van der Waals surface area contributed by atoms with E-state index in [0.29, 0.717) is 38.0 Å². The Morgan fingerprint density at radius 3 is 2.69 bits per heavy atom. The van der Waals surface area contributed by atoms with Crippen LogP contribution in [0.4, 0.5) is 5.69 Å². The molecule has 35 heavy (non-hydrogen) atoms. The molecule has 3 N–H and O–H groups in total. The zero-order valence-corrected chi connectivity index (χ0v) is 20.1. The van der Waals surface area contributed by atoms with Gasteiger partial charge in [-0.2, -0.15) is 0 Å². The van der Waals surface area contributed by atoms with Crippen molar-refractivity contribution in [3.63, 3.8) is 0 Å². The molecular formula is C26H34N2O7. The predicted octanol–water partition coefficient (Wildman–Crippen LogP) is 3.19. The maximum absolute atomic E-state index is 12.9. The number of hydrogen-bond donors (Lipinski definition) is 3. The molecule has 9 heteroatoms. The fraction of sp³-hybridized carbons (Fsp3) is 0.500. The molecule has 2 aromatic carbocycles. The number of nitrogens with zero attached hydrogens (tertiary/aromatic N) is 1. The topological polar surface area (TPSA) is 127 Å². The van der Waals surface area contributed by atoms with Gasteiger partial charge < -0.3 is 24.4 Å². The molecule has 9 nitrogen and oxygen atoms in total. The summed E-state index contributed by atoms with van der Waals surface area (Å²) in [6, 6.07) is 13.5. The number of rotatable bonds is 12. The van der Waals surface area contributed by atoms with Crippen molar-refractivity contribution in [2.45, 2.75) is 63.0 Å². The zero-order chi connectivity index (χ0) is 25.2. The quantitative estimate of drug-likeness (QED) is 0.308. The van der Waals surface area contributed by atoms with E-state index < -0.39 is 30.3 Å². The number of aliphatic hydroxyl groups is 2. The van der Waals surface area contributed by atoms with Gasteiger partial charge in [-0.05, 0) is 61.0 Å². The maximum Gasteiger partial charge on any atom is 0.327 e. The Morgan fingerprint density at radius 1 is 1.23 bits per heavy atom. The Kier molecular flexibility index (Phi) is 10.2. The second kappa shape index (κ2) is 13.3. The van der Waals surface area contributed by atoms with Gasteiger partial charge in [0.1, 0.15) is 23.6 Å². The molecule has 190 valence electrons. The number of hydrogen-bond acceptors (Lipinski definition) is 9. The summed E-state index contributed by atoms with van der Waals surface area (Å²) in [5.41, 5.74) is 1.92. The molecule has 1 saturated heterocycles. The number of ether oxygens (including phenoxy) is 3. The minimum absolute atomic E-state index is 0.227. The molecule has 0 saturated carbocycles. The van der Waals surface area contributed by atoms with Gasteiger partial charge in [0.25, 0.3) is 0 Å². The Labute approximate surface area is 205 Å². The van der Waals surface area contributed by atoms with Crippen molar-refractivity contribution in [2.24, 2.45) is 5.18 Å². The highest BCUT2D eigenvalue weighted by Gasteiger charge is 2.34. The van der Waals surface area contributed by atoms with Crippen molar-refractivity contribution in [1.29, 1.82) is 0 Å². The Balaban J connectivity index is 1.82. The lowest BCUT2D eigenvalue weighted by Crippen LogP contribution is -2.48. The van der Waals surface area contributed by atoms with Gasteiger partial charge in [-0.1, -0.05) is 36.4 Å². The molecule has 1 fully saturated rings. The van der Waals surface area contributed by atoms with Gasteiger partial charge in [0.2, 0.25) is 0 Å². The fourth-order valence-corrected chi connectivity index (χ4v) is 4.32. The van der Waals surface area contributed by atoms with Crippen molar-refractivity contribution in [3.05, 3.63) is 64.6 Å². The summed E-state index contributed by atoms with van der Waals surface area (Å²) in [6.45, 7) is 2.37. The third-order valence-corrected chi connectivity index (χ3v) is 6.22. The standard InChI is InChI=1S/C26H34N2O7/c1-3-34-26(31)24(18-7-5-4-6-8-18)27-19(16-23-25(30)21(29)13-14-35-23)11-9-17-10-12-20(28-32)22(15-17)33-2/h4-8,10,12,15,19,21,23-25,27,29-30H,3,9,11,13-14,16H2,1-2H3/t19?,21?,23?,24?,25-/m1/s1. The van der Waals surface area contributed by atoms with E-state index in [9.17, 15) is 19.9 Å². The average Bonchev–Trinajstić information content (AvgIpc) is 2.88. The van der Waals surface area contributed by atoms with E-state index in [1.54, 1.807) is 19.1 Å². The number of nitroso groups, excluding NO2 is 1. The smallest absolute Gasteiger partial charge is 0.327 e. The minimum atomic E-state index is -1.01. The van der Waals surface area contributed by atoms with Crippen LogP contribution < -0.4 is 10.1 Å². The molecular weight excluding hydrogens is 452 g/mol. The van der Waals surface area contributed by atoms with Crippen LogP contribution in [-0.4, -0.2) is 60.9 Å². The van der Waals surface area contributed by atoms with Crippen LogP contribution in [0.2, 0.25) is 0 Å². The number of esters is 1.